The summed E-state index contributed by atoms with van der Waals surface area (Å²) >= 11 is 0. The van der Waals surface area contributed by atoms with Gasteiger partial charge in [0.2, 0.25) is 5.91 Å². The number of nitrogens with two attached hydrogens (primary N) is 1. The molecule has 2 rings (SSSR count). The number of nitrogens with one attached hydrogen (secondary N) is 1. The molecule has 1 amide bonds. The molecular weight excluding hydrogens is 333 g/mol. The number of carbonyl (C=O) groups excluding carboxylic acids is 1. The minimum absolute atomic E-state index is 0. The number of rotatable bonds is 6. The van der Waals surface area contributed by atoms with E-state index < -0.39 is 23.2 Å². The largest absolute Gasteiger partial charge is 0.416 e. The van der Waals surface area contributed by atoms with Crippen molar-refractivity contribution in [1.82, 2.24) is 5.32 Å². The van der Waals surface area contributed by atoms with Gasteiger partial charge >= 0.3 is 6.18 Å². The van der Waals surface area contributed by atoms with Gasteiger partial charge in [0.25, 0.3) is 0 Å². The minimum Gasteiger partial charge on any atom is -0.383 e. The van der Waals surface area contributed by atoms with Crippen molar-refractivity contribution < 1.29 is 22.7 Å². The number of benzene rings is 1. The normalized spacial score (nSPS) is 17.1. The van der Waals surface area contributed by atoms with Crippen LogP contribution < -0.4 is 11.1 Å². The molecule has 0 aliphatic heterocycles. The number of methoxy groups -OCH3 is 1. The molecule has 8 heteroatoms. The van der Waals surface area contributed by atoms with E-state index in [9.17, 15) is 18.0 Å². The highest BCUT2D eigenvalue weighted by Gasteiger charge is 2.45. The molecule has 0 bridgehead atoms. The summed E-state index contributed by atoms with van der Waals surface area (Å²) in [5.41, 5.74) is 5.13. The van der Waals surface area contributed by atoms with Gasteiger partial charge < -0.3 is 15.8 Å². The smallest absolute Gasteiger partial charge is 0.383 e. The Morgan fingerprint density at radius 3 is 2.61 bits per heavy atom. The maximum Gasteiger partial charge on any atom is 0.416 e. The summed E-state index contributed by atoms with van der Waals surface area (Å²) in [6.07, 6.45) is -2.88. The molecule has 3 N–H and O–H groups in total. The Hall–Kier alpha value is -1.31. The summed E-state index contributed by atoms with van der Waals surface area (Å²) < 4.78 is 43.1. The molecule has 1 unspecified atom stereocenters. The van der Waals surface area contributed by atoms with Crippen molar-refractivity contribution in [2.24, 2.45) is 5.73 Å². The molecule has 1 aliphatic carbocycles. The summed E-state index contributed by atoms with van der Waals surface area (Å²) in [5.74, 6) is -0.361. The van der Waals surface area contributed by atoms with Gasteiger partial charge in [-0.1, -0.05) is 18.2 Å². The van der Waals surface area contributed by atoms with Crippen molar-refractivity contribution in [2.75, 3.05) is 20.3 Å². The zero-order valence-corrected chi connectivity index (χ0v) is 13.5. The van der Waals surface area contributed by atoms with Crippen LogP contribution in [-0.4, -0.2) is 32.2 Å². The van der Waals surface area contributed by atoms with Crippen molar-refractivity contribution in [1.29, 1.82) is 0 Å². The second-order valence-electron chi connectivity index (χ2n) is 5.64. The van der Waals surface area contributed by atoms with Crippen molar-refractivity contribution in [3.63, 3.8) is 0 Å². The molecule has 1 fully saturated rings. The van der Waals surface area contributed by atoms with Gasteiger partial charge in [-0.05, 0) is 24.5 Å². The predicted molar refractivity (Wildman–Crippen MR) is 82.5 cm³/mol. The van der Waals surface area contributed by atoms with Gasteiger partial charge in [0.1, 0.15) is 6.04 Å². The fourth-order valence-corrected chi connectivity index (χ4v) is 2.39. The van der Waals surface area contributed by atoms with Crippen LogP contribution in [0.25, 0.3) is 0 Å². The first kappa shape index (κ1) is 19.7. The number of hydrogen-bond donors (Lipinski definition) is 2. The van der Waals surface area contributed by atoms with Crippen LogP contribution in [0.3, 0.4) is 0 Å². The summed E-state index contributed by atoms with van der Waals surface area (Å²) in [6, 6.07) is 4.50. The van der Waals surface area contributed by atoms with Crippen LogP contribution in [0.5, 0.6) is 0 Å². The summed E-state index contributed by atoms with van der Waals surface area (Å²) in [4.78, 5) is 11.8. The Labute approximate surface area is 139 Å². The third kappa shape index (κ3) is 4.83. The molecule has 4 nitrogen and oxygen atoms in total. The van der Waals surface area contributed by atoms with Crippen LogP contribution in [0.4, 0.5) is 13.2 Å². The molecule has 0 spiro atoms. The van der Waals surface area contributed by atoms with Crippen molar-refractivity contribution >= 4 is 18.3 Å². The monoisotopic (exact) mass is 352 g/mol. The standard InChI is InChI=1S/C15H19F3N2O2.ClH/c1-22-8-12(19)13(21)20-9-14(5-6-14)10-3-2-4-11(7-10)15(16,17)18;/h2-4,7,12H,5-6,8-9,19H2,1H3,(H,20,21);1H. The molecule has 1 saturated carbocycles. The Morgan fingerprint density at radius 2 is 2.09 bits per heavy atom. The van der Waals surface area contributed by atoms with Gasteiger partial charge in [-0.15, -0.1) is 12.4 Å². The van der Waals surface area contributed by atoms with Gasteiger partial charge in [-0.3, -0.25) is 4.79 Å². The number of carbonyl (C=O) groups is 1. The summed E-state index contributed by atoms with van der Waals surface area (Å²) in [5, 5.41) is 2.70. The van der Waals surface area contributed by atoms with E-state index in [0.29, 0.717) is 5.56 Å². The highest BCUT2D eigenvalue weighted by Crippen LogP contribution is 2.48. The molecule has 1 aromatic rings. The highest BCUT2D eigenvalue weighted by molar-refractivity contribution is 5.85. The zero-order chi connectivity index (χ0) is 16.4. The molecule has 0 radical (unpaired) electrons. The molecule has 0 heterocycles. The Balaban J connectivity index is 0.00000264. The van der Waals surface area contributed by atoms with E-state index >= 15 is 0 Å². The molecule has 1 aromatic carbocycles. The molecule has 1 atom stereocenters. The minimum atomic E-state index is -4.36. The lowest BCUT2D eigenvalue weighted by molar-refractivity contribution is -0.137. The van der Waals surface area contributed by atoms with Crippen LogP contribution >= 0.6 is 12.4 Å². The van der Waals surface area contributed by atoms with Crippen LogP contribution in [-0.2, 0) is 21.1 Å². The number of ether oxygens (including phenoxy) is 1. The fraction of sp³-hybridized carbons (Fsp3) is 0.533. The summed E-state index contributed by atoms with van der Waals surface area (Å²) in [7, 11) is 1.44. The maximum atomic E-state index is 12.8. The van der Waals surface area contributed by atoms with E-state index in [-0.39, 0.29) is 31.5 Å². The fourth-order valence-electron chi connectivity index (χ4n) is 2.39. The van der Waals surface area contributed by atoms with E-state index in [0.717, 1.165) is 25.0 Å². The van der Waals surface area contributed by atoms with E-state index in [1.807, 2.05) is 0 Å². The average molecular weight is 353 g/mol. The second kappa shape index (κ2) is 7.51. The number of alkyl halides is 3. The van der Waals surface area contributed by atoms with Gasteiger partial charge in [0.15, 0.2) is 0 Å². The molecular formula is C15H20ClF3N2O2. The third-order valence-corrected chi connectivity index (χ3v) is 3.94. The number of halogens is 4. The summed E-state index contributed by atoms with van der Waals surface area (Å²) in [6.45, 7) is 0.382. The van der Waals surface area contributed by atoms with E-state index in [2.05, 4.69) is 5.32 Å². The Bertz CT molecular complexity index is 548. The lowest BCUT2D eigenvalue weighted by atomic mass is 9.94. The highest BCUT2D eigenvalue weighted by atomic mass is 35.5. The van der Waals surface area contributed by atoms with Gasteiger partial charge in [-0.25, -0.2) is 0 Å². The van der Waals surface area contributed by atoms with Crippen molar-refractivity contribution in [3.8, 4) is 0 Å². The Kier molecular flexibility index (Phi) is 6.44. The first-order valence-corrected chi connectivity index (χ1v) is 6.98. The first-order valence-electron chi connectivity index (χ1n) is 6.98. The lowest BCUT2D eigenvalue weighted by Gasteiger charge is -2.19. The molecule has 23 heavy (non-hydrogen) atoms. The van der Waals surface area contributed by atoms with Crippen molar-refractivity contribution in [2.45, 2.75) is 30.5 Å². The van der Waals surface area contributed by atoms with Gasteiger partial charge in [0.05, 0.1) is 12.2 Å². The van der Waals surface area contributed by atoms with E-state index in [1.54, 1.807) is 6.07 Å². The average Bonchev–Trinajstić information content (AvgIpc) is 3.25. The topological polar surface area (TPSA) is 64.3 Å². The molecule has 0 aromatic heterocycles. The number of amides is 1. The van der Waals surface area contributed by atoms with E-state index in [4.69, 9.17) is 10.5 Å². The van der Waals surface area contributed by atoms with Crippen LogP contribution in [0.1, 0.15) is 24.0 Å². The third-order valence-electron chi connectivity index (χ3n) is 3.94. The lowest BCUT2D eigenvalue weighted by Crippen LogP contribution is -2.45. The van der Waals surface area contributed by atoms with Crippen LogP contribution in [0, 0.1) is 0 Å². The zero-order valence-electron chi connectivity index (χ0n) is 12.7. The number of hydrogen-bond acceptors (Lipinski definition) is 3. The van der Waals surface area contributed by atoms with Crippen LogP contribution in [0.15, 0.2) is 24.3 Å². The van der Waals surface area contributed by atoms with Gasteiger partial charge in [0, 0.05) is 19.1 Å². The van der Waals surface area contributed by atoms with E-state index in [1.165, 1.54) is 13.2 Å². The first-order chi connectivity index (χ1) is 10.3. The molecule has 1 aliphatic rings. The van der Waals surface area contributed by atoms with Crippen molar-refractivity contribution in [3.05, 3.63) is 35.4 Å². The van der Waals surface area contributed by atoms with Gasteiger partial charge in [-0.2, -0.15) is 13.2 Å². The quantitative estimate of drug-likeness (QED) is 0.825. The molecule has 130 valence electrons. The second-order valence-corrected chi connectivity index (χ2v) is 5.64. The predicted octanol–water partition coefficient (Wildman–Crippen LogP) is 2.25. The molecule has 0 saturated heterocycles. The Morgan fingerprint density at radius 1 is 1.43 bits per heavy atom. The SMILES string of the molecule is COCC(N)C(=O)NCC1(c2cccc(C(F)(F)F)c2)CC1.Cl. The maximum absolute atomic E-state index is 12.8. The van der Waals surface area contributed by atoms with Crippen LogP contribution in [0.2, 0.25) is 0 Å².